The number of esters is 1. The molecule has 7 saturated carbocycles. The number of ether oxygens (including phenoxy) is 6. The van der Waals surface area contributed by atoms with Gasteiger partial charge in [-0.3, -0.25) is 14.3 Å². The second kappa shape index (κ2) is 33.4. The van der Waals surface area contributed by atoms with Crippen molar-refractivity contribution in [1.29, 1.82) is 0 Å². The van der Waals surface area contributed by atoms with Gasteiger partial charge in [0.1, 0.15) is 43.6 Å². The van der Waals surface area contributed by atoms with Gasteiger partial charge in [0.05, 0.1) is 27.8 Å². The van der Waals surface area contributed by atoms with E-state index in [4.69, 9.17) is 29.2 Å². The number of nitrogens with one attached hydrogen (secondary N) is 4. The van der Waals surface area contributed by atoms with Crippen LogP contribution in [0.1, 0.15) is 153 Å². The van der Waals surface area contributed by atoms with Crippen molar-refractivity contribution in [1.82, 2.24) is 20.1 Å². The third kappa shape index (κ3) is 30.1. The number of carbonyl (C=O) groups is 8. The SMILES string of the molecule is C=CC1C[C@]1(NC(=O)OC(C)(C)C)C(=O)NS(=O)(=O)C1CC1.C=CC1C[C@]1(NC(=O)OC(C)(C)C)C(=O)O.C=CC1C[C@]1([NH3+])C(=O)NS(=O)(=O)C1CC1.C=CC1C[C@]1([NH3+])C(=O)OC.CC(C)(C)OC(=O)OC(=O)OC(C)(C)C.Cc1ccc(S(=O)(=O)[O-])cc1.NS(=O)(=O)C1CC1.[Cl-]. The van der Waals surface area contributed by atoms with Crippen molar-refractivity contribution in [2.24, 2.45) is 28.8 Å². The molecular formula is C61H98ClN7O24S4. The molecule has 1 aromatic rings. The van der Waals surface area contributed by atoms with Crippen molar-refractivity contribution in [3.05, 3.63) is 80.4 Å². The van der Waals surface area contributed by atoms with Crippen LogP contribution >= 0.6 is 0 Å². The summed E-state index contributed by atoms with van der Waals surface area (Å²) in [6.07, 6.45) is 8.86. The van der Waals surface area contributed by atoms with Gasteiger partial charge in [0.25, 0.3) is 11.8 Å². The predicted octanol–water partition coefficient (Wildman–Crippen LogP) is 0.946. The topological polar surface area (TPSA) is 501 Å². The Morgan fingerprint density at radius 1 is 0.546 bits per heavy atom. The number of quaternary nitrogens is 2. The van der Waals surface area contributed by atoms with Gasteiger partial charge in [0.2, 0.25) is 30.1 Å². The smallest absolute Gasteiger partial charge is 0.519 e. The number of aliphatic carboxylic acids is 1. The van der Waals surface area contributed by atoms with E-state index in [0.717, 1.165) is 24.8 Å². The summed E-state index contributed by atoms with van der Waals surface area (Å²) in [7, 11) is -13.1. The summed E-state index contributed by atoms with van der Waals surface area (Å²) < 4.78 is 131. The molecule has 31 nitrogen and oxygen atoms in total. The molecule has 0 heterocycles. The lowest BCUT2D eigenvalue weighted by atomic mass is 10.2. The predicted molar refractivity (Wildman–Crippen MR) is 347 cm³/mol. The Labute approximate surface area is 575 Å². The van der Waals surface area contributed by atoms with Crippen molar-refractivity contribution in [3.63, 3.8) is 0 Å². The van der Waals surface area contributed by atoms with Crippen molar-refractivity contribution in [2.45, 2.75) is 219 Å². The van der Waals surface area contributed by atoms with Crippen molar-refractivity contribution < 1.29 is 134 Å². The van der Waals surface area contributed by atoms with Crippen LogP contribution in [0.25, 0.3) is 0 Å². The number of alkyl carbamates (subject to hydrolysis) is 2. The number of aryl methyl sites for hydroxylation is 1. The molecule has 7 fully saturated rings. The van der Waals surface area contributed by atoms with Gasteiger partial charge >= 0.3 is 36.4 Å². The zero-order chi connectivity index (χ0) is 74.6. The molecule has 13 N–H and O–H groups in total. The Bertz CT molecular complexity index is 3510. The van der Waals surface area contributed by atoms with E-state index in [1.165, 1.54) is 31.4 Å². The van der Waals surface area contributed by atoms with Crippen LogP contribution in [-0.4, -0.2) is 159 Å². The van der Waals surface area contributed by atoms with Crippen LogP contribution in [0, 0.1) is 30.6 Å². The van der Waals surface area contributed by atoms with Gasteiger partial charge in [-0.2, -0.15) is 0 Å². The van der Waals surface area contributed by atoms with Gasteiger partial charge in [-0.05, 0) is 154 Å². The normalized spacial score (nSPS) is 24.8. The maximum Gasteiger partial charge on any atom is 0.519 e. The summed E-state index contributed by atoms with van der Waals surface area (Å²) in [5, 5.41) is 17.6. The Kier molecular flexibility index (Phi) is 30.4. The third-order valence-corrected chi connectivity index (χ3v) is 20.2. The fourth-order valence-corrected chi connectivity index (χ4v) is 12.1. The van der Waals surface area contributed by atoms with Gasteiger partial charge in [-0.1, -0.05) is 42.0 Å². The van der Waals surface area contributed by atoms with Gasteiger partial charge in [0.15, 0.2) is 11.1 Å². The van der Waals surface area contributed by atoms with Crippen molar-refractivity contribution in [2.75, 3.05) is 7.11 Å². The third-order valence-electron chi connectivity index (χ3n) is 14.4. The van der Waals surface area contributed by atoms with E-state index in [1.807, 2.05) is 6.92 Å². The highest BCUT2D eigenvalue weighted by atomic mass is 35.5. The first kappa shape index (κ1) is 88.3. The number of carboxylic acids is 1. The Morgan fingerprint density at radius 2 is 0.876 bits per heavy atom. The molecule has 0 saturated heterocycles. The van der Waals surface area contributed by atoms with Crippen molar-refractivity contribution in [3.8, 4) is 0 Å². The number of carbonyl (C=O) groups excluding carboxylic acids is 7. The van der Waals surface area contributed by atoms with Crippen LogP contribution in [-0.2, 0) is 87.8 Å². The quantitative estimate of drug-likeness (QED) is 0.0375. The average Bonchev–Trinajstić information content (AvgIpc) is 1.60. The van der Waals surface area contributed by atoms with Crippen LogP contribution in [0.15, 0.2) is 79.8 Å². The summed E-state index contributed by atoms with van der Waals surface area (Å²) in [6, 6.07) is 5.78. The van der Waals surface area contributed by atoms with Crippen LogP contribution in [0.3, 0.4) is 0 Å². The zero-order valence-electron chi connectivity index (χ0n) is 57.4. The van der Waals surface area contributed by atoms with Crippen LogP contribution in [0.5, 0.6) is 0 Å². The van der Waals surface area contributed by atoms with Crippen LogP contribution in [0.4, 0.5) is 19.2 Å². The first-order valence-corrected chi connectivity index (χ1v) is 36.3. The van der Waals surface area contributed by atoms with E-state index >= 15 is 0 Å². The minimum absolute atomic E-state index is 0. The average molecular weight is 1480 g/mol. The Balaban J connectivity index is 0.000000577. The zero-order valence-corrected chi connectivity index (χ0v) is 61.4. The molecular weight excluding hydrogens is 1380 g/mol. The number of hydrogen-bond donors (Lipinski definition) is 8. The largest absolute Gasteiger partial charge is 1.00 e. The highest BCUT2D eigenvalue weighted by molar-refractivity contribution is 7.91. The molecule has 4 amide bonds. The number of methoxy groups -OCH3 is 1. The first-order valence-electron chi connectivity index (χ1n) is 30.2. The fourth-order valence-electron chi connectivity index (χ4n) is 8.09. The molecule has 97 heavy (non-hydrogen) atoms. The molecule has 8 atom stereocenters. The lowest BCUT2D eigenvalue weighted by Crippen LogP contribution is -3.00. The molecule has 0 aromatic heterocycles. The van der Waals surface area contributed by atoms with Crippen LogP contribution < -0.4 is 49.1 Å². The highest BCUT2D eigenvalue weighted by Gasteiger charge is 2.64. The number of benzene rings is 1. The Hall–Kier alpha value is -6.73. The lowest BCUT2D eigenvalue weighted by Gasteiger charge is -2.23. The summed E-state index contributed by atoms with van der Waals surface area (Å²) in [6.45, 7) is 36.4. The van der Waals surface area contributed by atoms with Gasteiger partial charge in [0, 0.05) is 36.5 Å². The molecule has 0 spiro atoms. The number of primary sulfonamides is 1. The van der Waals surface area contributed by atoms with E-state index in [0.29, 0.717) is 44.9 Å². The number of sulfonamides is 3. The Morgan fingerprint density at radius 3 is 1.14 bits per heavy atom. The number of hydrogen-bond acceptors (Lipinski definition) is 23. The summed E-state index contributed by atoms with van der Waals surface area (Å²) in [5.41, 5.74) is 1.89. The first-order chi connectivity index (χ1) is 43.4. The number of nitrogens with two attached hydrogens (primary N) is 1. The molecule has 36 heteroatoms. The molecule has 0 radical (unpaired) electrons. The molecule has 0 aliphatic heterocycles. The fraction of sp³-hybridized carbons (Fsp3) is 0.639. The van der Waals surface area contributed by atoms with Gasteiger partial charge in [-0.15, -0.1) is 26.3 Å². The number of carboxylic acid groups (broad SMARTS) is 1. The van der Waals surface area contributed by atoms with E-state index in [9.17, 15) is 76.6 Å². The standard InChI is InChI=1S/C14H22N2O5S.C11H17NO4.C10H18O5.C9H14N2O3S.C7H11NO2.C7H8O3S.C3H7NO2S.ClH/c1-5-9-8-14(9,15-12(18)21-13(2,3)4)11(17)16-22(19,20)10-6-7-10;1-5-7-6-11(7,8(13)14)12-9(15)16-10(2,3)4;1-9(2,3)14-7(11)13-8(12)15-10(4,5)6;1-2-6-5-9(6,10)8(12)11-15(13,14)7-3-4-7;1-3-5-4-7(5,8)6(9)10-2;1-6-2-4-7(5-3-6)11(8,9)10;4-7(5,6)3-1-2-3;/h5,9-10H,1,6-8H2,2-4H3,(H,15,18)(H,16,17);5,7H,1,6H2,2-4H3,(H,12,15)(H,13,14);1-6H3;2,6-7H,1,3-5,10H2,(H,11,12);3,5H,1,4,8H2,2H3;2-5H,1H3,(H,8,9,10);3H,1-2H2,(H2,4,5,6);1H/t9?,14-;7?,11-;;6?,9-;5?,7-;;;/m11.11.../s1. The van der Waals surface area contributed by atoms with Gasteiger partial charge < -0.3 is 72.6 Å². The summed E-state index contributed by atoms with van der Waals surface area (Å²) in [4.78, 5) is 91.1. The summed E-state index contributed by atoms with van der Waals surface area (Å²) in [5.74, 6) is -2.80. The minimum Gasteiger partial charge on any atom is -1.00 e. The van der Waals surface area contributed by atoms with E-state index in [2.05, 4.69) is 67.3 Å². The number of halogens is 1. The molecule has 7 aliphatic carbocycles. The molecule has 4 unspecified atom stereocenters. The highest BCUT2D eigenvalue weighted by Crippen LogP contribution is 2.46. The second-order valence-corrected chi connectivity index (χ2v) is 35.1. The molecule has 552 valence electrons. The molecule has 8 rings (SSSR count). The monoisotopic (exact) mass is 1480 g/mol. The molecule has 0 bridgehead atoms. The molecule has 1 aromatic carbocycles. The lowest BCUT2D eigenvalue weighted by molar-refractivity contribution is -0.428. The molecule has 7 aliphatic rings. The van der Waals surface area contributed by atoms with E-state index in [1.54, 1.807) is 107 Å². The minimum atomic E-state index is -4.27. The maximum absolute atomic E-state index is 12.3. The van der Waals surface area contributed by atoms with E-state index < -0.39 is 132 Å². The maximum atomic E-state index is 12.3. The number of amides is 4. The van der Waals surface area contributed by atoms with E-state index in [-0.39, 0.29) is 57.4 Å². The van der Waals surface area contributed by atoms with Crippen molar-refractivity contribution >= 4 is 88.4 Å². The summed E-state index contributed by atoms with van der Waals surface area (Å²) >= 11 is 0. The second-order valence-electron chi connectivity index (χ2n) is 27.9. The van der Waals surface area contributed by atoms with Gasteiger partial charge in [-0.25, -0.2) is 72.3 Å². The van der Waals surface area contributed by atoms with Crippen LogP contribution in [0.2, 0.25) is 0 Å². The number of rotatable bonds is 16.